The third-order valence-electron chi connectivity index (χ3n) is 3.43. The molecule has 1 amide bonds. The predicted octanol–water partition coefficient (Wildman–Crippen LogP) is -0.314. The summed E-state index contributed by atoms with van der Waals surface area (Å²) in [6.07, 6.45) is 0.784. The number of nitrogen functional groups attached to an aromatic ring is 1. The molecule has 8 nitrogen and oxygen atoms in total. The molecule has 1 aromatic carbocycles. The van der Waals surface area contributed by atoms with E-state index in [1.54, 1.807) is 0 Å². The fraction of sp³-hybridized carbons (Fsp3) is 0.385. The summed E-state index contributed by atoms with van der Waals surface area (Å²) in [6, 6.07) is 8.11. The number of fused-ring (bicyclic) bond motifs is 1. The van der Waals surface area contributed by atoms with Gasteiger partial charge in [-0.2, -0.15) is 0 Å². The average molecular weight is 288 g/mol. The molecule has 0 saturated heterocycles. The van der Waals surface area contributed by atoms with E-state index in [0.29, 0.717) is 13.2 Å². The monoisotopic (exact) mass is 288 g/mol. The van der Waals surface area contributed by atoms with Crippen molar-refractivity contribution >= 4 is 11.9 Å². The van der Waals surface area contributed by atoms with Gasteiger partial charge in [-0.25, -0.2) is 4.68 Å². The topological polar surface area (TPSA) is 108 Å². The first-order chi connectivity index (χ1) is 10.2. The van der Waals surface area contributed by atoms with E-state index in [0.717, 1.165) is 12.0 Å². The largest absolute Gasteiger partial charge is 0.371 e. The maximum Gasteiger partial charge on any atom is 0.242 e. The summed E-state index contributed by atoms with van der Waals surface area (Å²) in [5, 5.41) is 13.4. The standard InChI is InChI=1S/C13H16N6O2/c14-13-16-17-18-19(13)8-12(20)15-7-11-10-4-2-1-3-9(10)5-6-21-11/h1-4,11H,5-8H2,(H,15,20)(H2,14,16,18)/t11-/m1/s1. The second-order valence-electron chi connectivity index (χ2n) is 4.81. The molecule has 1 atom stereocenters. The van der Waals surface area contributed by atoms with Gasteiger partial charge < -0.3 is 15.8 Å². The molecule has 0 bridgehead atoms. The molecule has 1 aliphatic heterocycles. The number of benzene rings is 1. The number of nitrogens with two attached hydrogens (primary N) is 1. The van der Waals surface area contributed by atoms with Gasteiger partial charge in [0.15, 0.2) is 0 Å². The first-order valence-electron chi connectivity index (χ1n) is 6.72. The summed E-state index contributed by atoms with van der Waals surface area (Å²) < 4.78 is 6.97. The highest BCUT2D eigenvalue weighted by molar-refractivity contribution is 5.75. The number of hydrogen-bond donors (Lipinski definition) is 2. The summed E-state index contributed by atoms with van der Waals surface area (Å²) in [6.45, 7) is 1.07. The van der Waals surface area contributed by atoms with Crippen LogP contribution in [0.25, 0.3) is 0 Å². The summed E-state index contributed by atoms with van der Waals surface area (Å²) in [4.78, 5) is 11.9. The molecule has 110 valence electrons. The van der Waals surface area contributed by atoms with Crippen molar-refractivity contribution in [1.82, 2.24) is 25.5 Å². The van der Waals surface area contributed by atoms with Crippen molar-refractivity contribution in [3.63, 3.8) is 0 Å². The molecule has 8 heteroatoms. The lowest BCUT2D eigenvalue weighted by atomic mass is 9.97. The van der Waals surface area contributed by atoms with Crippen LogP contribution in [0.1, 0.15) is 17.2 Å². The highest BCUT2D eigenvalue weighted by atomic mass is 16.5. The van der Waals surface area contributed by atoms with Crippen molar-refractivity contribution in [3.8, 4) is 0 Å². The Hall–Kier alpha value is -2.48. The van der Waals surface area contributed by atoms with Crippen LogP contribution < -0.4 is 11.1 Å². The Morgan fingerprint density at radius 2 is 2.33 bits per heavy atom. The van der Waals surface area contributed by atoms with Gasteiger partial charge in [0.1, 0.15) is 12.6 Å². The van der Waals surface area contributed by atoms with Crippen LogP contribution >= 0.6 is 0 Å². The van der Waals surface area contributed by atoms with Gasteiger partial charge in [-0.05, 0) is 28.0 Å². The van der Waals surface area contributed by atoms with Crippen LogP contribution in [0.3, 0.4) is 0 Å². The van der Waals surface area contributed by atoms with Crippen LogP contribution in [0, 0.1) is 0 Å². The van der Waals surface area contributed by atoms with Crippen LogP contribution in [0.2, 0.25) is 0 Å². The molecule has 0 radical (unpaired) electrons. The minimum atomic E-state index is -0.208. The lowest BCUT2D eigenvalue weighted by Gasteiger charge is -2.26. The van der Waals surface area contributed by atoms with E-state index in [-0.39, 0.29) is 24.5 Å². The molecular weight excluding hydrogens is 272 g/mol. The Labute approximate surface area is 121 Å². The molecule has 0 spiro atoms. The van der Waals surface area contributed by atoms with E-state index in [4.69, 9.17) is 10.5 Å². The van der Waals surface area contributed by atoms with E-state index in [2.05, 4.69) is 26.9 Å². The predicted molar refractivity (Wildman–Crippen MR) is 74.1 cm³/mol. The van der Waals surface area contributed by atoms with Crippen molar-refractivity contribution < 1.29 is 9.53 Å². The van der Waals surface area contributed by atoms with Gasteiger partial charge in [0.05, 0.1) is 6.61 Å². The molecule has 1 aliphatic rings. The molecule has 1 aromatic heterocycles. The number of nitrogens with zero attached hydrogens (tertiary/aromatic N) is 4. The first kappa shape index (κ1) is 13.5. The van der Waals surface area contributed by atoms with E-state index in [9.17, 15) is 4.79 Å². The number of rotatable bonds is 4. The number of hydrogen-bond acceptors (Lipinski definition) is 6. The summed E-state index contributed by atoms with van der Waals surface area (Å²) >= 11 is 0. The van der Waals surface area contributed by atoms with Gasteiger partial charge in [0.25, 0.3) is 0 Å². The Balaban J connectivity index is 1.59. The summed E-state index contributed by atoms with van der Waals surface area (Å²) in [5.41, 5.74) is 7.91. The SMILES string of the molecule is Nc1nnnn1CC(=O)NC[C@H]1OCCc2ccccc21. The molecular formula is C13H16N6O2. The smallest absolute Gasteiger partial charge is 0.242 e. The second kappa shape index (κ2) is 5.88. The molecule has 0 unspecified atom stereocenters. The minimum Gasteiger partial charge on any atom is -0.371 e. The number of ether oxygens (including phenoxy) is 1. The van der Waals surface area contributed by atoms with E-state index in [1.807, 2.05) is 18.2 Å². The molecule has 21 heavy (non-hydrogen) atoms. The zero-order valence-electron chi connectivity index (χ0n) is 11.4. The number of anilines is 1. The van der Waals surface area contributed by atoms with Crippen LogP contribution in [0.4, 0.5) is 5.95 Å². The van der Waals surface area contributed by atoms with Gasteiger partial charge in [-0.3, -0.25) is 4.79 Å². The van der Waals surface area contributed by atoms with E-state index >= 15 is 0 Å². The van der Waals surface area contributed by atoms with Crippen molar-refractivity contribution in [2.45, 2.75) is 19.1 Å². The van der Waals surface area contributed by atoms with Gasteiger partial charge in [-0.1, -0.05) is 29.4 Å². The highest BCUT2D eigenvalue weighted by Gasteiger charge is 2.21. The van der Waals surface area contributed by atoms with Crippen LogP contribution in [0.5, 0.6) is 0 Å². The normalized spacial score (nSPS) is 17.2. The molecule has 0 saturated carbocycles. The van der Waals surface area contributed by atoms with Crippen molar-refractivity contribution in [3.05, 3.63) is 35.4 Å². The number of nitrogens with one attached hydrogen (secondary N) is 1. The number of tetrazole rings is 1. The number of carbonyl (C=O) groups excluding carboxylic acids is 1. The van der Waals surface area contributed by atoms with Crippen molar-refractivity contribution in [2.24, 2.45) is 0 Å². The fourth-order valence-corrected chi connectivity index (χ4v) is 2.37. The Kier molecular flexibility index (Phi) is 3.78. The Morgan fingerprint density at radius 1 is 1.48 bits per heavy atom. The molecule has 2 aromatic rings. The number of carbonyl (C=O) groups is 1. The molecule has 2 heterocycles. The number of amides is 1. The van der Waals surface area contributed by atoms with Crippen LogP contribution in [0.15, 0.2) is 24.3 Å². The quantitative estimate of drug-likeness (QED) is 0.798. The lowest BCUT2D eigenvalue weighted by Crippen LogP contribution is -2.34. The molecule has 3 N–H and O–H groups in total. The fourth-order valence-electron chi connectivity index (χ4n) is 2.37. The Morgan fingerprint density at radius 3 is 3.14 bits per heavy atom. The minimum absolute atomic E-state index is 0.00675. The maximum atomic E-state index is 11.9. The Bertz CT molecular complexity index is 641. The molecule has 0 fully saturated rings. The van der Waals surface area contributed by atoms with Crippen LogP contribution in [-0.4, -0.2) is 39.3 Å². The lowest BCUT2D eigenvalue weighted by molar-refractivity contribution is -0.122. The third-order valence-corrected chi connectivity index (χ3v) is 3.43. The van der Waals surface area contributed by atoms with Crippen LogP contribution in [-0.2, 0) is 22.5 Å². The summed E-state index contributed by atoms with van der Waals surface area (Å²) in [7, 11) is 0. The number of aromatic nitrogens is 4. The van der Waals surface area contributed by atoms with Crippen molar-refractivity contribution in [2.75, 3.05) is 18.9 Å². The van der Waals surface area contributed by atoms with Gasteiger partial charge in [0.2, 0.25) is 11.9 Å². The second-order valence-corrected chi connectivity index (χ2v) is 4.81. The average Bonchev–Trinajstić information content (AvgIpc) is 2.90. The van der Waals surface area contributed by atoms with Gasteiger partial charge in [0, 0.05) is 6.54 Å². The maximum absolute atomic E-state index is 11.9. The molecule has 0 aliphatic carbocycles. The van der Waals surface area contributed by atoms with Gasteiger partial charge in [-0.15, -0.1) is 0 Å². The molecule has 3 rings (SSSR count). The van der Waals surface area contributed by atoms with Gasteiger partial charge >= 0.3 is 0 Å². The summed E-state index contributed by atoms with van der Waals surface area (Å²) in [5.74, 6) is -0.0925. The zero-order chi connectivity index (χ0) is 14.7. The third kappa shape index (κ3) is 3.00. The van der Waals surface area contributed by atoms with Crippen molar-refractivity contribution in [1.29, 1.82) is 0 Å². The van der Waals surface area contributed by atoms with E-state index < -0.39 is 0 Å². The highest BCUT2D eigenvalue weighted by Crippen LogP contribution is 2.26. The van der Waals surface area contributed by atoms with E-state index in [1.165, 1.54) is 10.2 Å². The first-order valence-corrected chi connectivity index (χ1v) is 6.72. The zero-order valence-corrected chi connectivity index (χ0v) is 11.4.